The standard InChI is InChI=1S/C12H16N4S/c1-13-12-10(4-3-5-14-12)6-16(2)7-11-8-17-9-15-11/h3-5,8-9H,6-7H2,1-2H3,(H,13,14). The van der Waals surface area contributed by atoms with Crippen molar-refractivity contribution in [3.63, 3.8) is 0 Å². The third kappa shape index (κ3) is 3.25. The van der Waals surface area contributed by atoms with Crippen LogP contribution in [-0.2, 0) is 13.1 Å². The molecule has 2 heterocycles. The van der Waals surface area contributed by atoms with Gasteiger partial charge in [-0.2, -0.15) is 0 Å². The average molecular weight is 248 g/mol. The van der Waals surface area contributed by atoms with Crippen LogP contribution >= 0.6 is 11.3 Å². The second kappa shape index (κ2) is 5.75. The van der Waals surface area contributed by atoms with Crippen LogP contribution in [0.4, 0.5) is 5.82 Å². The summed E-state index contributed by atoms with van der Waals surface area (Å²) in [7, 11) is 3.98. The van der Waals surface area contributed by atoms with E-state index in [9.17, 15) is 0 Å². The first-order chi connectivity index (χ1) is 8.29. The van der Waals surface area contributed by atoms with Crippen molar-refractivity contribution in [2.24, 2.45) is 0 Å². The Bertz CT molecular complexity index is 455. The predicted molar refractivity (Wildman–Crippen MR) is 71.1 cm³/mol. The van der Waals surface area contributed by atoms with Crippen LogP contribution < -0.4 is 5.32 Å². The molecule has 0 atom stereocenters. The number of thiazole rings is 1. The van der Waals surface area contributed by atoms with E-state index in [1.165, 1.54) is 5.56 Å². The van der Waals surface area contributed by atoms with E-state index >= 15 is 0 Å². The molecule has 1 N–H and O–H groups in total. The van der Waals surface area contributed by atoms with Gasteiger partial charge >= 0.3 is 0 Å². The zero-order valence-electron chi connectivity index (χ0n) is 10.1. The monoisotopic (exact) mass is 248 g/mol. The molecular formula is C12H16N4S. The maximum Gasteiger partial charge on any atom is 0.130 e. The van der Waals surface area contributed by atoms with Gasteiger partial charge in [-0.05, 0) is 13.1 Å². The topological polar surface area (TPSA) is 41.1 Å². The number of hydrogen-bond donors (Lipinski definition) is 1. The largest absolute Gasteiger partial charge is 0.373 e. The normalized spacial score (nSPS) is 10.8. The minimum absolute atomic E-state index is 0.863. The Hall–Kier alpha value is -1.46. The lowest BCUT2D eigenvalue weighted by Crippen LogP contribution is -2.18. The Morgan fingerprint density at radius 1 is 1.35 bits per heavy atom. The van der Waals surface area contributed by atoms with E-state index in [4.69, 9.17) is 0 Å². The molecule has 0 aliphatic heterocycles. The van der Waals surface area contributed by atoms with Gasteiger partial charge in [0, 0.05) is 37.3 Å². The van der Waals surface area contributed by atoms with Gasteiger partial charge < -0.3 is 5.32 Å². The number of hydrogen-bond acceptors (Lipinski definition) is 5. The molecule has 0 amide bonds. The van der Waals surface area contributed by atoms with Crippen molar-refractivity contribution < 1.29 is 0 Å². The molecule has 0 saturated heterocycles. The first kappa shape index (κ1) is 12.0. The Morgan fingerprint density at radius 3 is 2.94 bits per heavy atom. The molecule has 17 heavy (non-hydrogen) atoms. The second-order valence-electron chi connectivity index (χ2n) is 3.91. The zero-order valence-corrected chi connectivity index (χ0v) is 10.9. The van der Waals surface area contributed by atoms with E-state index in [-0.39, 0.29) is 0 Å². The molecule has 0 fully saturated rings. The van der Waals surface area contributed by atoms with Crippen LogP contribution in [-0.4, -0.2) is 29.0 Å². The summed E-state index contributed by atoms with van der Waals surface area (Å²) in [5.74, 6) is 0.942. The fourth-order valence-electron chi connectivity index (χ4n) is 1.73. The number of rotatable bonds is 5. The number of nitrogens with one attached hydrogen (secondary N) is 1. The second-order valence-corrected chi connectivity index (χ2v) is 4.63. The third-order valence-electron chi connectivity index (χ3n) is 2.48. The summed E-state index contributed by atoms with van der Waals surface area (Å²) in [5.41, 5.74) is 4.19. The smallest absolute Gasteiger partial charge is 0.130 e. The van der Waals surface area contributed by atoms with Crippen LogP contribution in [0.1, 0.15) is 11.3 Å². The van der Waals surface area contributed by atoms with Crippen molar-refractivity contribution >= 4 is 17.2 Å². The van der Waals surface area contributed by atoms with Gasteiger partial charge in [0.15, 0.2) is 0 Å². The first-order valence-electron chi connectivity index (χ1n) is 5.47. The van der Waals surface area contributed by atoms with Crippen molar-refractivity contribution in [3.8, 4) is 0 Å². The van der Waals surface area contributed by atoms with E-state index < -0.39 is 0 Å². The van der Waals surface area contributed by atoms with Crippen LogP contribution in [0.5, 0.6) is 0 Å². The van der Waals surface area contributed by atoms with E-state index in [2.05, 4.69) is 38.7 Å². The fourth-order valence-corrected chi connectivity index (χ4v) is 2.28. The van der Waals surface area contributed by atoms with Gasteiger partial charge in [-0.1, -0.05) is 6.07 Å². The molecule has 0 bridgehead atoms. The molecular weight excluding hydrogens is 232 g/mol. The molecule has 0 aliphatic carbocycles. The van der Waals surface area contributed by atoms with Crippen LogP contribution in [0.25, 0.3) is 0 Å². The highest BCUT2D eigenvalue weighted by Gasteiger charge is 2.06. The Morgan fingerprint density at radius 2 is 2.24 bits per heavy atom. The quantitative estimate of drug-likeness (QED) is 0.881. The number of nitrogens with zero attached hydrogens (tertiary/aromatic N) is 3. The van der Waals surface area contributed by atoms with Crippen molar-refractivity contribution in [2.75, 3.05) is 19.4 Å². The summed E-state index contributed by atoms with van der Waals surface area (Å²) in [6.45, 7) is 1.73. The summed E-state index contributed by atoms with van der Waals surface area (Å²) in [4.78, 5) is 10.8. The lowest BCUT2D eigenvalue weighted by Gasteiger charge is -2.17. The van der Waals surface area contributed by atoms with Crippen LogP contribution in [0.3, 0.4) is 0 Å². The SMILES string of the molecule is CNc1ncccc1CN(C)Cc1cscn1. The number of aromatic nitrogens is 2. The maximum absolute atomic E-state index is 4.30. The molecule has 0 saturated carbocycles. The van der Waals surface area contributed by atoms with Crippen LogP contribution in [0.2, 0.25) is 0 Å². The molecule has 2 aromatic rings. The summed E-state index contributed by atoms with van der Waals surface area (Å²) in [6, 6.07) is 4.06. The zero-order chi connectivity index (χ0) is 12.1. The predicted octanol–water partition coefficient (Wildman–Crippen LogP) is 2.21. The summed E-state index contributed by atoms with van der Waals surface area (Å²) in [6.07, 6.45) is 1.80. The molecule has 90 valence electrons. The van der Waals surface area contributed by atoms with Gasteiger partial charge in [-0.15, -0.1) is 11.3 Å². The Labute approximate surface area is 105 Å². The molecule has 0 radical (unpaired) electrons. The highest BCUT2D eigenvalue weighted by molar-refractivity contribution is 7.07. The maximum atomic E-state index is 4.30. The van der Waals surface area contributed by atoms with Crippen molar-refractivity contribution in [1.29, 1.82) is 0 Å². The first-order valence-corrected chi connectivity index (χ1v) is 6.41. The molecule has 0 unspecified atom stereocenters. The molecule has 2 rings (SSSR count). The van der Waals surface area contributed by atoms with Gasteiger partial charge in [-0.25, -0.2) is 9.97 Å². The number of anilines is 1. The van der Waals surface area contributed by atoms with E-state index in [1.54, 1.807) is 17.5 Å². The van der Waals surface area contributed by atoms with Gasteiger partial charge in [0.25, 0.3) is 0 Å². The molecule has 4 nitrogen and oxygen atoms in total. The highest BCUT2D eigenvalue weighted by Crippen LogP contribution is 2.14. The summed E-state index contributed by atoms with van der Waals surface area (Å²) in [5, 5.41) is 5.19. The third-order valence-corrected chi connectivity index (χ3v) is 3.12. The average Bonchev–Trinajstić information content (AvgIpc) is 2.82. The highest BCUT2D eigenvalue weighted by atomic mass is 32.1. The van der Waals surface area contributed by atoms with Gasteiger partial charge in [0.2, 0.25) is 0 Å². The molecule has 2 aromatic heterocycles. The molecule has 0 spiro atoms. The Balaban J connectivity index is 2.00. The molecule has 0 aromatic carbocycles. The van der Waals surface area contributed by atoms with Gasteiger partial charge in [-0.3, -0.25) is 4.90 Å². The fraction of sp³-hybridized carbons (Fsp3) is 0.333. The van der Waals surface area contributed by atoms with Crippen LogP contribution in [0.15, 0.2) is 29.2 Å². The van der Waals surface area contributed by atoms with E-state index in [0.29, 0.717) is 0 Å². The van der Waals surface area contributed by atoms with Crippen molar-refractivity contribution in [1.82, 2.24) is 14.9 Å². The van der Waals surface area contributed by atoms with Crippen LogP contribution in [0, 0.1) is 0 Å². The van der Waals surface area contributed by atoms with Gasteiger partial charge in [0.05, 0.1) is 11.2 Å². The lowest BCUT2D eigenvalue weighted by molar-refractivity contribution is 0.316. The molecule has 5 heteroatoms. The van der Waals surface area contributed by atoms with E-state index in [1.807, 2.05) is 18.6 Å². The van der Waals surface area contributed by atoms with Crippen molar-refractivity contribution in [3.05, 3.63) is 40.5 Å². The van der Waals surface area contributed by atoms with Crippen molar-refractivity contribution in [2.45, 2.75) is 13.1 Å². The van der Waals surface area contributed by atoms with E-state index in [0.717, 1.165) is 24.6 Å². The summed E-state index contributed by atoms with van der Waals surface area (Å²) >= 11 is 1.63. The minimum atomic E-state index is 0.863. The lowest BCUT2D eigenvalue weighted by atomic mass is 10.2. The minimum Gasteiger partial charge on any atom is -0.373 e. The summed E-state index contributed by atoms with van der Waals surface area (Å²) < 4.78 is 0. The number of pyridine rings is 1. The molecule has 0 aliphatic rings. The van der Waals surface area contributed by atoms with Gasteiger partial charge in [0.1, 0.15) is 5.82 Å². The Kier molecular flexibility index (Phi) is 4.06.